The number of benzene rings is 1. The summed E-state index contributed by atoms with van der Waals surface area (Å²) in [6.07, 6.45) is 11.8. The number of hydrogen-bond donors (Lipinski definition) is 0. The Labute approximate surface area is 149 Å². The van der Waals surface area contributed by atoms with E-state index < -0.39 is 0 Å². The van der Waals surface area contributed by atoms with Gasteiger partial charge in [-0.2, -0.15) is 5.10 Å². The molecule has 2 fully saturated rings. The number of likely N-dealkylation sites (tertiary alicyclic amines) is 1. The molecule has 1 aliphatic heterocycles. The van der Waals surface area contributed by atoms with Gasteiger partial charge in [-0.05, 0) is 74.5 Å². The number of hydrogen-bond acceptors (Lipinski definition) is 3. The topological polar surface area (TPSA) is 30.3 Å². The molecule has 1 aromatic heterocycles. The molecule has 2 bridgehead atoms. The summed E-state index contributed by atoms with van der Waals surface area (Å²) in [6.45, 7) is 1.23. The second-order valence-corrected chi connectivity index (χ2v) is 8.14. The van der Waals surface area contributed by atoms with Gasteiger partial charge >= 0.3 is 0 Å². The van der Waals surface area contributed by atoms with E-state index >= 15 is 0 Å². The maximum absolute atomic E-state index is 5.80. The summed E-state index contributed by atoms with van der Waals surface area (Å²) in [7, 11) is 4.11. The Morgan fingerprint density at radius 1 is 1.24 bits per heavy atom. The minimum Gasteiger partial charge on any atom is -0.494 e. The molecule has 5 rings (SSSR count). The van der Waals surface area contributed by atoms with Crippen LogP contribution in [-0.4, -0.2) is 41.4 Å². The monoisotopic (exact) mass is 337 g/mol. The number of fused-ring (bicyclic) bond motifs is 1. The van der Waals surface area contributed by atoms with Crippen LogP contribution in [0.4, 0.5) is 0 Å². The fraction of sp³-hybridized carbons (Fsp3) is 0.571. The van der Waals surface area contributed by atoms with Crippen LogP contribution >= 0.6 is 0 Å². The van der Waals surface area contributed by atoms with Crippen molar-refractivity contribution in [2.24, 2.45) is 5.92 Å². The van der Waals surface area contributed by atoms with Crippen molar-refractivity contribution in [2.45, 2.75) is 50.0 Å². The van der Waals surface area contributed by atoms with Crippen molar-refractivity contribution in [3.05, 3.63) is 41.7 Å². The zero-order chi connectivity index (χ0) is 17.0. The van der Waals surface area contributed by atoms with Crippen LogP contribution in [0.15, 0.2) is 30.6 Å². The van der Waals surface area contributed by atoms with E-state index in [-0.39, 0.29) is 0 Å². The van der Waals surface area contributed by atoms with Gasteiger partial charge in [0.05, 0.1) is 7.11 Å². The molecule has 4 heteroatoms. The first-order chi connectivity index (χ1) is 12.2. The minimum absolute atomic E-state index is 0.374. The zero-order valence-electron chi connectivity index (χ0n) is 15.2. The van der Waals surface area contributed by atoms with Crippen LogP contribution < -0.4 is 4.74 Å². The first-order valence-corrected chi connectivity index (χ1v) is 9.64. The second kappa shape index (κ2) is 5.60. The molecule has 0 spiro atoms. The molecule has 1 saturated carbocycles. The Kier molecular flexibility index (Phi) is 3.46. The zero-order valence-corrected chi connectivity index (χ0v) is 15.2. The summed E-state index contributed by atoms with van der Waals surface area (Å²) in [5.41, 5.74) is 4.53. The standard InChI is InChI=1S/C21H27N3O/c1-23-11-8-21-7-4-3-6-16(21)18(23)12-15-13-19(24-10-5-9-22-24)20(25-2)14-17(15)21/h5,9-10,13-14,16,18H,3-4,6-8,11-12H2,1-2H3/t16?,18-,21+/m0/s1. The Morgan fingerprint density at radius 3 is 2.96 bits per heavy atom. The normalized spacial score (nSPS) is 31.3. The van der Waals surface area contributed by atoms with Crippen molar-refractivity contribution < 1.29 is 4.74 Å². The highest BCUT2D eigenvalue weighted by molar-refractivity contribution is 5.56. The number of methoxy groups -OCH3 is 1. The quantitative estimate of drug-likeness (QED) is 0.839. The van der Waals surface area contributed by atoms with Crippen LogP contribution in [0.2, 0.25) is 0 Å². The van der Waals surface area contributed by atoms with Crippen molar-refractivity contribution in [3.63, 3.8) is 0 Å². The van der Waals surface area contributed by atoms with Gasteiger partial charge in [-0.15, -0.1) is 0 Å². The Hall–Kier alpha value is -1.81. The SMILES string of the molecule is COc1cc2c(cc1-n1cccn1)C[C@H]1C3CCCC[C@]23CCN1C. The average Bonchev–Trinajstić information content (AvgIpc) is 3.18. The number of ether oxygens (including phenoxy) is 1. The molecule has 0 amide bonds. The number of piperidine rings is 1. The van der Waals surface area contributed by atoms with Gasteiger partial charge in [0.25, 0.3) is 0 Å². The van der Waals surface area contributed by atoms with E-state index in [1.165, 1.54) is 44.2 Å². The molecule has 1 unspecified atom stereocenters. The first-order valence-electron chi connectivity index (χ1n) is 9.64. The third kappa shape index (κ3) is 2.13. The third-order valence-electron chi connectivity index (χ3n) is 7.16. The smallest absolute Gasteiger partial charge is 0.144 e. The van der Waals surface area contributed by atoms with E-state index in [1.807, 2.05) is 23.1 Å². The summed E-state index contributed by atoms with van der Waals surface area (Å²) < 4.78 is 7.73. The van der Waals surface area contributed by atoms with Gasteiger partial charge in [0, 0.05) is 23.9 Å². The molecule has 0 radical (unpaired) electrons. The molecule has 2 heterocycles. The van der Waals surface area contributed by atoms with E-state index in [9.17, 15) is 0 Å². The largest absolute Gasteiger partial charge is 0.494 e. The van der Waals surface area contributed by atoms with Crippen molar-refractivity contribution in [2.75, 3.05) is 20.7 Å². The highest BCUT2D eigenvalue weighted by Crippen LogP contribution is 2.56. The van der Waals surface area contributed by atoms with Crippen LogP contribution in [0.3, 0.4) is 0 Å². The maximum atomic E-state index is 5.80. The van der Waals surface area contributed by atoms with Crippen LogP contribution in [0, 0.1) is 5.92 Å². The Balaban J connectivity index is 1.70. The molecule has 2 aliphatic carbocycles. The third-order valence-corrected chi connectivity index (χ3v) is 7.16. The van der Waals surface area contributed by atoms with Gasteiger partial charge in [-0.25, -0.2) is 4.68 Å². The molecular formula is C21H27N3O. The van der Waals surface area contributed by atoms with E-state index in [4.69, 9.17) is 4.74 Å². The summed E-state index contributed by atoms with van der Waals surface area (Å²) in [4.78, 5) is 2.62. The molecule has 4 nitrogen and oxygen atoms in total. The first kappa shape index (κ1) is 15.4. The van der Waals surface area contributed by atoms with Gasteiger partial charge < -0.3 is 9.64 Å². The molecule has 132 valence electrons. The van der Waals surface area contributed by atoms with Crippen molar-refractivity contribution in [3.8, 4) is 11.4 Å². The summed E-state index contributed by atoms with van der Waals surface area (Å²) in [5, 5.41) is 4.44. The van der Waals surface area contributed by atoms with Gasteiger partial charge in [-0.3, -0.25) is 0 Å². The molecule has 2 aromatic rings. The van der Waals surface area contributed by atoms with Gasteiger partial charge in [-0.1, -0.05) is 12.8 Å². The van der Waals surface area contributed by atoms with E-state index in [1.54, 1.807) is 12.7 Å². The summed E-state index contributed by atoms with van der Waals surface area (Å²) >= 11 is 0. The fourth-order valence-electron chi connectivity index (χ4n) is 5.98. The molecule has 3 aliphatic rings. The van der Waals surface area contributed by atoms with Crippen LogP contribution in [0.25, 0.3) is 5.69 Å². The lowest BCUT2D eigenvalue weighted by molar-refractivity contribution is 0.00273. The number of rotatable bonds is 2. The van der Waals surface area contributed by atoms with E-state index in [0.29, 0.717) is 11.5 Å². The molecule has 25 heavy (non-hydrogen) atoms. The Morgan fingerprint density at radius 2 is 2.16 bits per heavy atom. The summed E-state index contributed by atoms with van der Waals surface area (Å²) in [6, 6.07) is 7.36. The maximum Gasteiger partial charge on any atom is 0.144 e. The lowest BCUT2D eigenvalue weighted by Gasteiger charge is -2.58. The number of aromatic nitrogens is 2. The van der Waals surface area contributed by atoms with E-state index in [2.05, 4.69) is 29.2 Å². The number of likely N-dealkylation sites (N-methyl/N-ethyl adjacent to an activating group) is 1. The van der Waals surface area contributed by atoms with Crippen molar-refractivity contribution in [1.82, 2.24) is 14.7 Å². The lowest BCUT2D eigenvalue weighted by Crippen LogP contribution is -2.59. The van der Waals surface area contributed by atoms with Gasteiger partial charge in [0.2, 0.25) is 0 Å². The van der Waals surface area contributed by atoms with Crippen molar-refractivity contribution in [1.29, 1.82) is 0 Å². The molecule has 1 aromatic carbocycles. The van der Waals surface area contributed by atoms with E-state index in [0.717, 1.165) is 23.8 Å². The van der Waals surface area contributed by atoms with Crippen LogP contribution in [-0.2, 0) is 11.8 Å². The minimum atomic E-state index is 0.374. The highest BCUT2D eigenvalue weighted by atomic mass is 16.5. The molecule has 3 atom stereocenters. The predicted molar refractivity (Wildman–Crippen MR) is 98.5 cm³/mol. The summed E-state index contributed by atoms with van der Waals surface area (Å²) in [5.74, 6) is 1.77. The highest BCUT2D eigenvalue weighted by Gasteiger charge is 2.53. The van der Waals surface area contributed by atoms with Crippen LogP contribution in [0.1, 0.15) is 43.2 Å². The molecular weight excluding hydrogens is 310 g/mol. The van der Waals surface area contributed by atoms with Gasteiger partial charge in [0.1, 0.15) is 11.4 Å². The molecule has 0 N–H and O–H groups in total. The molecule has 1 saturated heterocycles. The van der Waals surface area contributed by atoms with Gasteiger partial charge in [0.15, 0.2) is 0 Å². The van der Waals surface area contributed by atoms with Crippen molar-refractivity contribution >= 4 is 0 Å². The lowest BCUT2D eigenvalue weighted by atomic mass is 9.52. The van der Waals surface area contributed by atoms with Crippen LogP contribution in [0.5, 0.6) is 5.75 Å². The predicted octanol–water partition coefficient (Wildman–Crippen LogP) is 3.57. The second-order valence-electron chi connectivity index (χ2n) is 8.14. The number of nitrogens with zero attached hydrogens (tertiary/aromatic N) is 3. The Bertz CT molecular complexity index is 785. The average molecular weight is 337 g/mol. The fourth-order valence-corrected chi connectivity index (χ4v) is 5.98.